The van der Waals surface area contributed by atoms with Gasteiger partial charge in [-0.2, -0.15) is 0 Å². The van der Waals surface area contributed by atoms with E-state index in [1.54, 1.807) is 10.6 Å². The van der Waals surface area contributed by atoms with Crippen LogP contribution in [0.15, 0.2) is 53.3 Å². The van der Waals surface area contributed by atoms with Crippen molar-refractivity contribution in [3.8, 4) is 0 Å². The zero-order chi connectivity index (χ0) is 24.4. The molecule has 2 aliphatic rings. The van der Waals surface area contributed by atoms with E-state index >= 15 is 0 Å². The molecule has 9 heteroatoms. The summed E-state index contributed by atoms with van der Waals surface area (Å²) in [6.07, 6.45) is 0.550. The van der Waals surface area contributed by atoms with E-state index in [0.29, 0.717) is 35.8 Å². The maximum Gasteiger partial charge on any atom is 0.259 e. The van der Waals surface area contributed by atoms with Gasteiger partial charge in [0.15, 0.2) is 0 Å². The summed E-state index contributed by atoms with van der Waals surface area (Å²) in [5, 5.41) is 1.10. The lowest BCUT2D eigenvalue weighted by molar-refractivity contribution is 0.0310. The molecular formula is C26H29Cl2N5O2. The Morgan fingerprint density at radius 1 is 0.971 bits per heavy atom. The van der Waals surface area contributed by atoms with Crippen molar-refractivity contribution >= 4 is 34.8 Å². The van der Waals surface area contributed by atoms with Gasteiger partial charge in [0.05, 0.1) is 43.0 Å². The van der Waals surface area contributed by atoms with Gasteiger partial charge in [0.2, 0.25) is 5.95 Å². The molecule has 0 radical (unpaired) electrons. The number of hydrogen-bond donors (Lipinski definition) is 0. The van der Waals surface area contributed by atoms with Crippen LogP contribution in [0, 0.1) is 6.92 Å². The Balaban J connectivity index is 1.51. The second kappa shape index (κ2) is 10.7. The third-order valence-electron chi connectivity index (χ3n) is 6.63. The summed E-state index contributed by atoms with van der Waals surface area (Å²) in [7, 11) is 0. The zero-order valence-electron chi connectivity index (χ0n) is 19.8. The van der Waals surface area contributed by atoms with Crippen LogP contribution in [0.1, 0.15) is 16.8 Å². The van der Waals surface area contributed by atoms with Crippen LogP contribution in [0.25, 0.3) is 0 Å². The molecule has 35 heavy (non-hydrogen) atoms. The van der Waals surface area contributed by atoms with E-state index in [1.165, 1.54) is 0 Å². The van der Waals surface area contributed by atoms with Gasteiger partial charge in [0, 0.05) is 43.2 Å². The van der Waals surface area contributed by atoms with Gasteiger partial charge in [-0.1, -0.05) is 53.5 Å². The molecule has 5 rings (SSSR count). The normalized spacial score (nSPS) is 16.9. The van der Waals surface area contributed by atoms with E-state index in [4.69, 9.17) is 32.9 Å². The fraction of sp³-hybridized carbons (Fsp3) is 0.385. The lowest BCUT2D eigenvalue weighted by Crippen LogP contribution is -2.50. The van der Waals surface area contributed by atoms with Crippen LogP contribution in [0.5, 0.6) is 0 Å². The number of nitrogens with zero attached hydrogens (tertiary/aromatic N) is 5. The summed E-state index contributed by atoms with van der Waals surface area (Å²) < 4.78 is 7.26. The first-order valence-electron chi connectivity index (χ1n) is 11.9. The lowest BCUT2D eigenvalue weighted by Gasteiger charge is -2.39. The Morgan fingerprint density at radius 3 is 2.46 bits per heavy atom. The first kappa shape index (κ1) is 24.3. The van der Waals surface area contributed by atoms with E-state index < -0.39 is 0 Å². The molecule has 0 atom stereocenters. The minimum atomic E-state index is -0.0116. The van der Waals surface area contributed by atoms with Crippen molar-refractivity contribution in [3.05, 3.63) is 85.8 Å². The second-order valence-electron chi connectivity index (χ2n) is 9.03. The van der Waals surface area contributed by atoms with Crippen LogP contribution in [0.2, 0.25) is 10.0 Å². The number of hydrogen-bond acceptors (Lipinski definition) is 6. The van der Waals surface area contributed by atoms with Crippen molar-refractivity contribution in [1.29, 1.82) is 0 Å². The molecule has 2 aliphatic heterocycles. The molecule has 1 fully saturated rings. The summed E-state index contributed by atoms with van der Waals surface area (Å²) in [6, 6.07) is 15.5. The smallest absolute Gasteiger partial charge is 0.259 e. The first-order chi connectivity index (χ1) is 17.0. The number of ether oxygens (including phenoxy) is 1. The Bertz CT molecular complexity index is 1240. The molecule has 0 amide bonds. The molecule has 0 spiro atoms. The zero-order valence-corrected chi connectivity index (χ0v) is 21.3. The number of halogens is 2. The molecule has 1 aromatic heterocycles. The number of benzene rings is 2. The highest BCUT2D eigenvalue weighted by atomic mass is 35.5. The molecule has 3 heterocycles. The fourth-order valence-corrected chi connectivity index (χ4v) is 5.17. The molecule has 184 valence electrons. The minimum absolute atomic E-state index is 0.0116. The van der Waals surface area contributed by atoms with Crippen molar-refractivity contribution in [2.75, 3.05) is 51.0 Å². The van der Waals surface area contributed by atoms with Crippen LogP contribution in [0.4, 0.5) is 11.6 Å². The second-order valence-corrected chi connectivity index (χ2v) is 9.87. The Labute approximate surface area is 215 Å². The standard InChI is InChI=1S/C26H29Cl2N5O2/c1-19-22(15-20-5-3-2-4-6-20)25(34)33-18-31(10-9-30-11-13-35-14-12-30)17-32(26(33)29-19)24-8-7-21(27)16-23(24)28/h2-8,16H,9-15,17-18H2,1H3. The number of anilines is 2. The summed E-state index contributed by atoms with van der Waals surface area (Å²) in [4.78, 5) is 25.4. The van der Waals surface area contributed by atoms with Crippen molar-refractivity contribution < 1.29 is 4.74 Å². The van der Waals surface area contributed by atoms with Gasteiger partial charge in [-0.05, 0) is 30.7 Å². The van der Waals surface area contributed by atoms with E-state index in [9.17, 15) is 4.79 Å². The van der Waals surface area contributed by atoms with Crippen molar-refractivity contribution in [2.45, 2.75) is 20.0 Å². The minimum Gasteiger partial charge on any atom is -0.379 e. The van der Waals surface area contributed by atoms with Gasteiger partial charge >= 0.3 is 0 Å². The Kier molecular flexibility index (Phi) is 7.41. The molecule has 2 aromatic carbocycles. The van der Waals surface area contributed by atoms with Crippen LogP contribution >= 0.6 is 23.2 Å². The highest BCUT2D eigenvalue weighted by Crippen LogP contribution is 2.35. The third-order valence-corrected chi connectivity index (χ3v) is 7.17. The van der Waals surface area contributed by atoms with Gasteiger partial charge in [-0.15, -0.1) is 0 Å². The molecule has 7 nitrogen and oxygen atoms in total. The third kappa shape index (κ3) is 5.39. The lowest BCUT2D eigenvalue weighted by atomic mass is 10.1. The molecule has 0 aliphatic carbocycles. The topological polar surface area (TPSA) is 53.8 Å². The summed E-state index contributed by atoms with van der Waals surface area (Å²) >= 11 is 12.8. The van der Waals surface area contributed by atoms with Gasteiger partial charge < -0.3 is 4.74 Å². The number of aryl methyl sites for hydroxylation is 1. The van der Waals surface area contributed by atoms with Gasteiger partial charge in [-0.25, -0.2) is 4.98 Å². The monoisotopic (exact) mass is 513 g/mol. The van der Waals surface area contributed by atoms with E-state index in [0.717, 1.165) is 61.9 Å². The first-order valence-corrected chi connectivity index (χ1v) is 12.6. The van der Waals surface area contributed by atoms with Gasteiger partial charge in [-0.3, -0.25) is 24.1 Å². The number of fused-ring (bicyclic) bond motifs is 1. The Hall–Kier alpha value is -2.42. The summed E-state index contributed by atoms with van der Waals surface area (Å²) in [6.45, 7) is 8.08. The average molecular weight is 514 g/mol. The predicted molar refractivity (Wildman–Crippen MR) is 140 cm³/mol. The molecule has 1 saturated heterocycles. The van der Waals surface area contributed by atoms with Gasteiger partial charge in [0.1, 0.15) is 0 Å². The maximum absolute atomic E-state index is 13.8. The fourth-order valence-electron chi connectivity index (χ4n) is 4.66. The molecule has 0 bridgehead atoms. The number of rotatable bonds is 6. The largest absolute Gasteiger partial charge is 0.379 e. The summed E-state index contributed by atoms with van der Waals surface area (Å²) in [5.74, 6) is 0.608. The number of morpholine rings is 1. The van der Waals surface area contributed by atoms with Crippen molar-refractivity contribution in [1.82, 2.24) is 19.4 Å². The van der Waals surface area contributed by atoms with Crippen LogP contribution in [-0.4, -0.2) is 65.4 Å². The van der Waals surface area contributed by atoms with Gasteiger partial charge in [0.25, 0.3) is 5.56 Å². The van der Waals surface area contributed by atoms with E-state index in [1.807, 2.05) is 54.3 Å². The molecule has 0 saturated carbocycles. The van der Waals surface area contributed by atoms with Crippen LogP contribution < -0.4 is 10.5 Å². The van der Waals surface area contributed by atoms with Crippen LogP contribution in [0.3, 0.4) is 0 Å². The highest BCUT2D eigenvalue weighted by Gasteiger charge is 2.29. The molecular weight excluding hydrogens is 485 g/mol. The average Bonchev–Trinajstić information content (AvgIpc) is 2.87. The van der Waals surface area contributed by atoms with Crippen molar-refractivity contribution in [2.24, 2.45) is 0 Å². The van der Waals surface area contributed by atoms with E-state index in [2.05, 4.69) is 9.80 Å². The predicted octanol–water partition coefficient (Wildman–Crippen LogP) is 4.15. The molecule has 0 unspecified atom stereocenters. The quantitative estimate of drug-likeness (QED) is 0.493. The number of aromatic nitrogens is 2. The van der Waals surface area contributed by atoms with Crippen LogP contribution in [-0.2, 0) is 17.8 Å². The summed E-state index contributed by atoms with van der Waals surface area (Å²) in [5.41, 5.74) is 3.32. The molecule has 0 N–H and O–H groups in total. The Morgan fingerprint density at radius 2 is 1.71 bits per heavy atom. The van der Waals surface area contributed by atoms with Crippen molar-refractivity contribution in [3.63, 3.8) is 0 Å². The highest BCUT2D eigenvalue weighted by molar-refractivity contribution is 6.36. The molecule has 3 aromatic rings. The SMILES string of the molecule is Cc1nc2n(c(=O)c1Cc1ccccc1)CN(CCN1CCOCC1)CN2c1ccc(Cl)cc1Cl. The van der Waals surface area contributed by atoms with E-state index in [-0.39, 0.29) is 5.56 Å². The maximum atomic E-state index is 13.8.